The fourth-order valence-corrected chi connectivity index (χ4v) is 2.20. The molecule has 0 amide bonds. The van der Waals surface area contributed by atoms with Gasteiger partial charge in [0, 0.05) is 11.1 Å². The fourth-order valence-electron chi connectivity index (χ4n) is 1.92. The zero-order chi connectivity index (χ0) is 16.0. The van der Waals surface area contributed by atoms with Crippen LogP contribution in [-0.2, 0) is 5.92 Å². The molecular weight excluding hydrogens is 315 g/mol. The second kappa shape index (κ2) is 4.98. The van der Waals surface area contributed by atoms with Gasteiger partial charge in [-0.1, -0.05) is 23.7 Å². The average molecular weight is 324 g/mol. The number of hydrogen-bond acceptors (Lipinski definition) is 1. The first-order valence-corrected chi connectivity index (χ1v) is 6.15. The van der Waals surface area contributed by atoms with Crippen molar-refractivity contribution in [3.63, 3.8) is 0 Å². The number of benzene rings is 1. The van der Waals surface area contributed by atoms with Crippen molar-refractivity contribution in [1.82, 2.24) is 5.43 Å². The molecule has 0 atom stereocenters. The molecule has 1 radical (unpaired) electrons. The van der Waals surface area contributed by atoms with Crippen molar-refractivity contribution in [3.05, 3.63) is 40.6 Å². The van der Waals surface area contributed by atoms with Gasteiger partial charge in [-0.25, -0.2) is 0 Å². The summed E-state index contributed by atoms with van der Waals surface area (Å²) in [6.07, 6.45) is -5.67. The molecule has 0 unspecified atom stereocenters. The Hall–Kier alpha value is -1.63. The molecule has 1 aromatic rings. The van der Waals surface area contributed by atoms with Gasteiger partial charge in [0.05, 0.1) is 5.70 Å². The highest BCUT2D eigenvalue weighted by Crippen LogP contribution is 2.45. The van der Waals surface area contributed by atoms with E-state index in [2.05, 4.69) is 10.5 Å². The van der Waals surface area contributed by atoms with Gasteiger partial charge in [-0.2, -0.15) is 27.4 Å². The number of nitrogens with zero attached hydrogens (tertiary/aromatic N) is 2. The predicted octanol–water partition coefficient (Wildman–Crippen LogP) is 4.55. The summed E-state index contributed by atoms with van der Waals surface area (Å²) in [5.74, 6) is -4.94. The standard InChI is InChI=1S/C13H9ClF5N2/c1-6-3-4-8(12(15,16)13(17,18)19)5-9(6)10-7(2)20-21-11(10)14/h3-5H,1-2H3. The van der Waals surface area contributed by atoms with Gasteiger partial charge in [0.15, 0.2) is 5.17 Å². The van der Waals surface area contributed by atoms with Crippen molar-refractivity contribution in [2.75, 3.05) is 0 Å². The lowest BCUT2D eigenvalue weighted by Crippen LogP contribution is -2.33. The van der Waals surface area contributed by atoms with E-state index in [0.717, 1.165) is 12.1 Å². The lowest BCUT2D eigenvalue weighted by atomic mass is 9.95. The van der Waals surface area contributed by atoms with E-state index in [1.807, 2.05) is 0 Å². The van der Waals surface area contributed by atoms with Crippen LogP contribution in [0.4, 0.5) is 22.0 Å². The van der Waals surface area contributed by atoms with Crippen LogP contribution in [0.1, 0.15) is 23.6 Å². The van der Waals surface area contributed by atoms with Crippen molar-refractivity contribution in [2.45, 2.75) is 25.9 Å². The average Bonchev–Trinajstić information content (AvgIpc) is 2.68. The Kier molecular flexibility index (Phi) is 3.73. The Bertz CT molecular complexity index is 646. The van der Waals surface area contributed by atoms with E-state index in [1.54, 1.807) is 13.8 Å². The lowest BCUT2D eigenvalue weighted by Gasteiger charge is -2.21. The molecule has 0 aromatic heterocycles. The lowest BCUT2D eigenvalue weighted by molar-refractivity contribution is -0.289. The van der Waals surface area contributed by atoms with Gasteiger partial charge >= 0.3 is 12.1 Å². The summed E-state index contributed by atoms with van der Waals surface area (Å²) < 4.78 is 64.2. The third kappa shape index (κ3) is 2.62. The van der Waals surface area contributed by atoms with Crippen LogP contribution in [-0.4, -0.2) is 11.3 Å². The van der Waals surface area contributed by atoms with Crippen LogP contribution >= 0.6 is 11.6 Å². The highest BCUT2D eigenvalue weighted by atomic mass is 35.5. The highest BCUT2D eigenvalue weighted by Gasteiger charge is 2.58. The minimum absolute atomic E-state index is 0.0388. The molecule has 8 heteroatoms. The highest BCUT2D eigenvalue weighted by molar-refractivity contribution is 6.76. The zero-order valence-electron chi connectivity index (χ0n) is 10.9. The first-order valence-electron chi connectivity index (χ1n) is 5.77. The van der Waals surface area contributed by atoms with Gasteiger partial charge in [-0.15, -0.1) is 5.10 Å². The second-order valence-corrected chi connectivity index (χ2v) is 4.91. The molecule has 2 nitrogen and oxygen atoms in total. The van der Waals surface area contributed by atoms with E-state index in [1.165, 1.54) is 6.07 Å². The van der Waals surface area contributed by atoms with Crippen LogP contribution in [0.5, 0.6) is 0 Å². The molecule has 0 saturated carbocycles. The van der Waals surface area contributed by atoms with Gasteiger partial charge < -0.3 is 0 Å². The number of halogens is 6. The monoisotopic (exact) mass is 323 g/mol. The zero-order valence-corrected chi connectivity index (χ0v) is 11.7. The molecule has 2 rings (SSSR count). The summed E-state index contributed by atoms with van der Waals surface area (Å²) in [5, 5.41) is 3.54. The molecule has 0 bridgehead atoms. The number of alkyl halides is 5. The number of aryl methyl sites for hydroxylation is 1. The molecule has 0 spiro atoms. The molecule has 1 heterocycles. The Morgan fingerprint density at radius 2 is 1.67 bits per heavy atom. The van der Waals surface area contributed by atoms with Gasteiger partial charge in [0.25, 0.3) is 0 Å². The Morgan fingerprint density at radius 1 is 1.05 bits per heavy atom. The van der Waals surface area contributed by atoms with Gasteiger partial charge in [-0.3, -0.25) is 0 Å². The number of hydrogen-bond donors (Lipinski definition) is 0. The summed E-state index contributed by atoms with van der Waals surface area (Å²) in [4.78, 5) is 0. The largest absolute Gasteiger partial charge is 0.458 e. The van der Waals surface area contributed by atoms with E-state index in [4.69, 9.17) is 11.6 Å². The molecule has 0 N–H and O–H groups in total. The maximum absolute atomic E-state index is 13.4. The van der Waals surface area contributed by atoms with Gasteiger partial charge in [-0.05, 0) is 31.0 Å². The smallest absolute Gasteiger partial charge is 0.191 e. The Labute approximate surface area is 122 Å². The molecule has 0 aliphatic carbocycles. The number of rotatable bonds is 2. The summed E-state index contributed by atoms with van der Waals surface area (Å²) >= 11 is 5.82. The van der Waals surface area contributed by atoms with Crippen molar-refractivity contribution < 1.29 is 22.0 Å². The van der Waals surface area contributed by atoms with Crippen LogP contribution in [0.3, 0.4) is 0 Å². The molecule has 1 aromatic carbocycles. The van der Waals surface area contributed by atoms with Crippen LogP contribution in [0.15, 0.2) is 29.0 Å². The third-order valence-electron chi connectivity index (χ3n) is 3.08. The summed E-state index contributed by atoms with van der Waals surface area (Å²) in [7, 11) is 0. The topological polar surface area (TPSA) is 26.5 Å². The van der Waals surface area contributed by atoms with E-state index >= 15 is 0 Å². The van der Waals surface area contributed by atoms with E-state index in [9.17, 15) is 22.0 Å². The van der Waals surface area contributed by atoms with E-state index in [-0.39, 0.29) is 16.3 Å². The third-order valence-corrected chi connectivity index (χ3v) is 3.35. The molecule has 21 heavy (non-hydrogen) atoms. The second-order valence-electron chi connectivity index (χ2n) is 4.55. The first-order chi connectivity index (χ1) is 9.55. The summed E-state index contributed by atoms with van der Waals surface area (Å²) in [5.41, 5.74) is 3.81. The summed E-state index contributed by atoms with van der Waals surface area (Å²) in [6, 6.07) is 2.72. The molecule has 113 valence electrons. The molecular formula is C13H9ClF5N2. The van der Waals surface area contributed by atoms with Crippen molar-refractivity contribution in [3.8, 4) is 0 Å². The van der Waals surface area contributed by atoms with E-state index < -0.39 is 17.7 Å². The van der Waals surface area contributed by atoms with Crippen molar-refractivity contribution in [2.24, 2.45) is 5.10 Å². The van der Waals surface area contributed by atoms with Crippen LogP contribution in [0.2, 0.25) is 0 Å². The normalized spacial score (nSPS) is 16.1. The minimum Gasteiger partial charge on any atom is -0.191 e. The summed E-state index contributed by atoms with van der Waals surface area (Å²) in [6.45, 7) is 3.12. The maximum atomic E-state index is 13.4. The SMILES string of the molecule is CC1=C(c2cc(C(F)(F)C(F)(F)F)ccc2C)C(Cl)=N[N]1. The quantitative estimate of drug-likeness (QED) is 0.714. The van der Waals surface area contributed by atoms with E-state index in [0.29, 0.717) is 11.3 Å². The molecule has 0 saturated heterocycles. The Balaban J connectivity index is 2.59. The molecule has 1 aliphatic rings. The van der Waals surface area contributed by atoms with Crippen molar-refractivity contribution in [1.29, 1.82) is 0 Å². The predicted molar refractivity (Wildman–Crippen MR) is 69.1 cm³/mol. The molecule has 1 aliphatic heterocycles. The van der Waals surface area contributed by atoms with Gasteiger partial charge in [0.1, 0.15) is 0 Å². The van der Waals surface area contributed by atoms with Crippen LogP contribution < -0.4 is 5.43 Å². The van der Waals surface area contributed by atoms with Gasteiger partial charge in [0.2, 0.25) is 0 Å². The maximum Gasteiger partial charge on any atom is 0.458 e. The van der Waals surface area contributed by atoms with Crippen LogP contribution in [0, 0.1) is 6.92 Å². The first kappa shape index (κ1) is 15.8. The molecule has 0 fully saturated rings. The fraction of sp³-hybridized carbons (Fsp3) is 0.308. The van der Waals surface area contributed by atoms with Crippen molar-refractivity contribution >= 4 is 22.3 Å². The minimum atomic E-state index is -5.67. The Morgan fingerprint density at radius 3 is 2.14 bits per heavy atom. The van der Waals surface area contributed by atoms with Crippen LogP contribution in [0.25, 0.3) is 5.57 Å². The number of allylic oxidation sites excluding steroid dienone is 2.